The smallest absolute Gasteiger partial charge is 0.276 e. The van der Waals surface area contributed by atoms with Gasteiger partial charge in [-0.15, -0.1) is 0 Å². The summed E-state index contributed by atoms with van der Waals surface area (Å²) in [7, 11) is 0. The summed E-state index contributed by atoms with van der Waals surface area (Å²) < 4.78 is 1.25. The molecule has 0 aliphatic carbocycles. The second-order valence-corrected chi connectivity index (χ2v) is 5.35. The highest BCUT2D eigenvalue weighted by atomic mass is 16.2. The highest BCUT2D eigenvalue weighted by Crippen LogP contribution is 2.11. The normalized spacial score (nSPS) is 10.0. The number of nitriles is 1. The Balaban J connectivity index is 1.82. The van der Waals surface area contributed by atoms with Crippen molar-refractivity contribution in [3.8, 4) is 6.07 Å². The first-order chi connectivity index (χ1) is 12.2. The van der Waals surface area contributed by atoms with Gasteiger partial charge in [-0.2, -0.15) is 10.4 Å². The molecule has 0 bridgehead atoms. The molecule has 25 heavy (non-hydrogen) atoms. The number of amides is 1. The molecule has 0 radical (unpaired) electrons. The van der Waals surface area contributed by atoms with E-state index < -0.39 is 5.91 Å². The predicted octanol–water partition coefficient (Wildman–Crippen LogP) is 2.42. The molecule has 3 rings (SSSR count). The van der Waals surface area contributed by atoms with Crippen LogP contribution in [0.3, 0.4) is 0 Å². The second kappa shape index (κ2) is 7.23. The van der Waals surface area contributed by atoms with Crippen LogP contribution in [0, 0.1) is 11.3 Å². The molecule has 0 atom stereocenters. The van der Waals surface area contributed by atoms with Crippen LogP contribution in [0.2, 0.25) is 0 Å². The van der Waals surface area contributed by atoms with Gasteiger partial charge in [-0.1, -0.05) is 36.4 Å². The van der Waals surface area contributed by atoms with Crippen LogP contribution in [0.1, 0.15) is 21.6 Å². The zero-order valence-electron chi connectivity index (χ0n) is 13.2. The third-order valence-corrected chi connectivity index (χ3v) is 3.52. The molecule has 0 fully saturated rings. The standard InChI is InChI=1S/C19H14N4O2/c20-12-15-7-4-8-16(11-15)21-19(25)17-9-10-18(24)23(22-17)13-14-5-2-1-3-6-14/h1-11H,13H2,(H,21,25). The largest absolute Gasteiger partial charge is 0.321 e. The van der Waals surface area contributed by atoms with Crippen LogP contribution >= 0.6 is 0 Å². The maximum atomic E-state index is 12.4. The van der Waals surface area contributed by atoms with Crippen molar-refractivity contribution < 1.29 is 4.79 Å². The average molecular weight is 330 g/mol. The lowest BCUT2D eigenvalue weighted by Crippen LogP contribution is -2.26. The quantitative estimate of drug-likeness (QED) is 0.796. The summed E-state index contributed by atoms with van der Waals surface area (Å²) in [5.74, 6) is -0.447. The molecule has 0 aliphatic rings. The van der Waals surface area contributed by atoms with E-state index in [4.69, 9.17) is 5.26 Å². The fourth-order valence-electron chi connectivity index (χ4n) is 2.30. The number of nitrogens with zero attached hydrogens (tertiary/aromatic N) is 3. The van der Waals surface area contributed by atoms with E-state index in [9.17, 15) is 9.59 Å². The number of aromatic nitrogens is 2. The second-order valence-electron chi connectivity index (χ2n) is 5.35. The van der Waals surface area contributed by atoms with Gasteiger partial charge in [0.2, 0.25) is 0 Å². The number of nitrogens with one attached hydrogen (secondary N) is 1. The van der Waals surface area contributed by atoms with E-state index in [-0.39, 0.29) is 17.8 Å². The van der Waals surface area contributed by atoms with E-state index in [0.717, 1.165) is 5.56 Å². The van der Waals surface area contributed by atoms with E-state index in [1.807, 2.05) is 36.4 Å². The van der Waals surface area contributed by atoms with Crippen molar-refractivity contribution in [1.29, 1.82) is 5.26 Å². The Morgan fingerprint density at radius 2 is 1.88 bits per heavy atom. The molecular weight excluding hydrogens is 316 g/mol. The fraction of sp³-hybridized carbons (Fsp3) is 0.0526. The molecule has 1 N–H and O–H groups in total. The summed E-state index contributed by atoms with van der Waals surface area (Å²) in [4.78, 5) is 24.3. The summed E-state index contributed by atoms with van der Waals surface area (Å²) in [6, 6.07) is 20.7. The minimum Gasteiger partial charge on any atom is -0.321 e. The third-order valence-electron chi connectivity index (χ3n) is 3.52. The Hall–Kier alpha value is -3.72. The number of hydrogen-bond donors (Lipinski definition) is 1. The van der Waals surface area contributed by atoms with Crippen molar-refractivity contribution in [3.05, 3.63) is 93.9 Å². The van der Waals surface area contributed by atoms with Crippen LogP contribution < -0.4 is 10.9 Å². The highest BCUT2D eigenvalue weighted by molar-refractivity contribution is 6.02. The molecule has 0 saturated heterocycles. The fourth-order valence-corrected chi connectivity index (χ4v) is 2.30. The first-order valence-electron chi connectivity index (χ1n) is 7.59. The van der Waals surface area contributed by atoms with Crippen molar-refractivity contribution in [3.63, 3.8) is 0 Å². The first-order valence-corrected chi connectivity index (χ1v) is 7.59. The lowest BCUT2D eigenvalue weighted by molar-refractivity contribution is 0.102. The first kappa shape index (κ1) is 16.1. The molecule has 0 unspecified atom stereocenters. The maximum Gasteiger partial charge on any atom is 0.276 e. The van der Waals surface area contributed by atoms with Gasteiger partial charge < -0.3 is 5.32 Å². The van der Waals surface area contributed by atoms with E-state index in [1.54, 1.807) is 24.3 Å². The Kier molecular flexibility index (Phi) is 4.67. The summed E-state index contributed by atoms with van der Waals surface area (Å²) in [5.41, 5.74) is 1.69. The van der Waals surface area contributed by atoms with Crippen LogP contribution in [0.25, 0.3) is 0 Å². The minimum absolute atomic E-state index is 0.123. The predicted molar refractivity (Wildman–Crippen MR) is 93.2 cm³/mol. The molecule has 0 spiro atoms. The van der Waals surface area contributed by atoms with Crippen molar-refractivity contribution in [2.75, 3.05) is 5.32 Å². The zero-order chi connectivity index (χ0) is 17.6. The molecular formula is C19H14N4O2. The monoisotopic (exact) mass is 330 g/mol. The van der Waals surface area contributed by atoms with E-state index in [2.05, 4.69) is 10.4 Å². The SMILES string of the molecule is N#Cc1cccc(NC(=O)c2ccc(=O)n(Cc3ccccc3)n2)c1. The van der Waals surface area contributed by atoms with Gasteiger partial charge in [-0.25, -0.2) is 4.68 Å². The van der Waals surface area contributed by atoms with E-state index >= 15 is 0 Å². The van der Waals surface area contributed by atoms with Crippen LogP contribution in [-0.4, -0.2) is 15.7 Å². The Labute approximate surface area is 144 Å². The van der Waals surface area contributed by atoms with Crippen LogP contribution in [0.4, 0.5) is 5.69 Å². The Bertz CT molecular complexity index is 1000. The Morgan fingerprint density at radius 3 is 2.64 bits per heavy atom. The van der Waals surface area contributed by atoms with Gasteiger partial charge in [0.25, 0.3) is 11.5 Å². The number of anilines is 1. The number of benzene rings is 2. The van der Waals surface area contributed by atoms with E-state index in [1.165, 1.54) is 16.8 Å². The number of carbonyl (C=O) groups is 1. The summed E-state index contributed by atoms with van der Waals surface area (Å²) in [6.45, 7) is 0.282. The molecule has 6 nitrogen and oxygen atoms in total. The summed E-state index contributed by atoms with van der Waals surface area (Å²) in [5, 5.41) is 15.7. The van der Waals surface area contributed by atoms with Crippen molar-refractivity contribution in [2.45, 2.75) is 6.54 Å². The topological polar surface area (TPSA) is 87.8 Å². The molecule has 0 saturated carbocycles. The molecule has 1 aromatic heterocycles. The summed E-state index contributed by atoms with van der Waals surface area (Å²) >= 11 is 0. The van der Waals surface area contributed by atoms with Crippen molar-refractivity contribution >= 4 is 11.6 Å². The molecule has 2 aromatic carbocycles. The minimum atomic E-state index is -0.447. The molecule has 122 valence electrons. The zero-order valence-corrected chi connectivity index (χ0v) is 13.2. The molecule has 3 aromatic rings. The molecule has 0 aliphatic heterocycles. The van der Waals surface area contributed by atoms with Gasteiger partial charge in [0.05, 0.1) is 18.2 Å². The van der Waals surface area contributed by atoms with Crippen LogP contribution in [0.15, 0.2) is 71.5 Å². The molecule has 1 heterocycles. The highest BCUT2D eigenvalue weighted by Gasteiger charge is 2.10. The van der Waals surface area contributed by atoms with Crippen molar-refractivity contribution in [1.82, 2.24) is 9.78 Å². The number of hydrogen-bond acceptors (Lipinski definition) is 4. The third kappa shape index (κ3) is 3.98. The summed E-state index contributed by atoms with van der Waals surface area (Å²) in [6.07, 6.45) is 0. The maximum absolute atomic E-state index is 12.4. The number of rotatable bonds is 4. The van der Waals surface area contributed by atoms with Crippen molar-refractivity contribution in [2.24, 2.45) is 0 Å². The van der Waals surface area contributed by atoms with Gasteiger partial charge in [0.15, 0.2) is 0 Å². The molecule has 1 amide bonds. The van der Waals surface area contributed by atoms with Crippen LogP contribution in [0.5, 0.6) is 0 Å². The average Bonchev–Trinajstić information content (AvgIpc) is 2.64. The number of carbonyl (C=O) groups excluding carboxylic acids is 1. The molecule has 6 heteroatoms. The van der Waals surface area contributed by atoms with Gasteiger partial charge in [0, 0.05) is 11.8 Å². The van der Waals surface area contributed by atoms with E-state index in [0.29, 0.717) is 11.3 Å². The lowest BCUT2D eigenvalue weighted by Gasteiger charge is -2.08. The van der Waals surface area contributed by atoms with Gasteiger partial charge in [-0.3, -0.25) is 9.59 Å². The lowest BCUT2D eigenvalue weighted by atomic mass is 10.2. The van der Waals surface area contributed by atoms with Gasteiger partial charge in [0.1, 0.15) is 5.69 Å². The Morgan fingerprint density at radius 1 is 1.08 bits per heavy atom. The van der Waals surface area contributed by atoms with Gasteiger partial charge >= 0.3 is 0 Å². The van der Waals surface area contributed by atoms with Crippen LogP contribution in [-0.2, 0) is 6.54 Å². The van der Waals surface area contributed by atoms with Gasteiger partial charge in [-0.05, 0) is 29.8 Å².